The highest BCUT2D eigenvalue weighted by atomic mass is 16.3. The molecule has 0 saturated carbocycles. The summed E-state index contributed by atoms with van der Waals surface area (Å²) in [4.78, 5) is 2.26. The molecule has 1 aromatic heterocycles. The van der Waals surface area contributed by atoms with Crippen molar-refractivity contribution >= 4 is 11.0 Å². The number of rotatable bonds is 4. The summed E-state index contributed by atoms with van der Waals surface area (Å²) < 4.78 is 5.51. The highest BCUT2D eigenvalue weighted by molar-refractivity contribution is 5.80. The number of furan rings is 1. The topological polar surface area (TPSA) is 16.4 Å². The van der Waals surface area contributed by atoms with Crippen molar-refractivity contribution in [2.45, 2.75) is 13.5 Å². The first-order valence-electron chi connectivity index (χ1n) is 5.56. The highest BCUT2D eigenvalue weighted by Crippen LogP contribution is 2.21. The van der Waals surface area contributed by atoms with Crippen LogP contribution in [0.5, 0.6) is 0 Å². The number of likely N-dealkylation sites (N-methyl/N-ethyl adjacent to an activating group) is 1. The molecule has 0 unspecified atom stereocenters. The minimum absolute atomic E-state index is 0.918. The SMILES string of the molecule is CC=CCN(C)Cc1coc2ccccc12. The first-order valence-corrected chi connectivity index (χ1v) is 5.56. The molecule has 2 rings (SSSR count). The Morgan fingerprint density at radius 3 is 2.94 bits per heavy atom. The zero-order valence-corrected chi connectivity index (χ0v) is 9.81. The lowest BCUT2D eigenvalue weighted by Gasteiger charge is -2.12. The van der Waals surface area contributed by atoms with Crippen molar-refractivity contribution in [1.82, 2.24) is 4.90 Å². The fraction of sp³-hybridized carbons (Fsp3) is 0.286. The third-order valence-corrected chi connectivity index (χ3v) is 2.65. The van der Waals surface area contributed by atoms with Crippen molar-refractivity contribution in [2.24, 2.45) is 0 Å². The van der Waals surface area contributed by atoms with Crippen LogP contribution in [0, 0.1) is 0 Å². The van der Waals surface area contributed by atoms with Crippen LogP contribution >= 0.6 is 0 Å². The maximum atomic E-state index is 5.51. The van der Waals surface area contributed by atoms with Gasteiger partial charge in [-0.3, -0.25) is 4.90 Å². The van der Waals surface area contributed by atoms with Crippen LogP contribution in [0.4, 0.5) is 0 Å². The smallest absolute Gasteiger partial charge is 0.134 e. The fourth-order valence-electron chi connectivity index (χ4n) is 1.80. The lowest BCUT2D eigenvalue weighted by molar-refractivity contribution is 0.362. The van der Waals surface area contributed by atoms with Gasteiger partial charge in [-0.2, -0.15) is 0 Å². The second kappa shape index (κ2) is 4.99. The van der Waals surface area contributed by atoms with Gasteiger partial charge in [0.25, 0.3) is 0 Å². The average Bonchev–Trinajstić information content (AvgIpc) is 2.70. The van der Waals surface area contributed by atoms with Crippen LogP contribution in [0.15, 0.2) is 47.1 Å². The van der Waals surface area contributed by atoms with Crippen molar-refractivity contribution in [3.8, 4) is 0 Å². The molecule has 84 valence electrons. The lowest BCUT2D eigenvalue weighted by atomic mass is 10.2. The predicted octanol–water partition coefficient (Wildman–Crippen LogP) is 3.44. The molecule has 0 fully saturated rings. The minimum Gasteiger partial charge on any atom is -0.464 e. The van der Waals surface area contributed by atoms with E-state index in [1.165, 1.54) is 10.9 Å². The molecular formula is C14H17NO. The minimum atomic E-state index is 0.918. The van der Waals surface area contributed by atoms with Crippen LogP contribution < -0.4 is 0 Å². The Balaban J connectivity index is 2.15. The molecular weight excluding hydrogens is 198 g/mol. The lowest BCUT2D eigenvalue weighted by Crippen LogP contribution is -2.17. The van der Waals surface area contributed by atoms with E-state index in [-0.39, 0.29) is 0 Å². The molecule has 0 bridgehead atoms. The number of benzene rings is 1. The van der Waals surface area contributed by atoms with Crippen molar-refractivity contribution in [3.63, 3.8) is 0 Å². The first-order chi connectivity index (χ1) is 7.81. The molecule has 0 spiro atoms. The summed E-state index contributed by atoms with van der Waals surface area (Å²) in [7, 11) is 2.11. The van der Waals surface area contributed by atoms with Gasteiger partial charge in [-0.1, -0.05) is 30.4 Å². The summed E-state index contributed by atoms with van der Waals surface area (Å²) in [6, 6.07) is 8.16. The fourth-order valence-corrected chi connectivity index (χ4v) is 1.80. The number of fused-ring (bicyclic) bond motifs is 1. The average molecular weight is 215 g/mol. The van der Waals surface area contributed by atoms with Gasteiger partial charge in [0.05, 0.1) is 6.26 Å². The van der Waals surface area contributed by atoms with Gasteiger partial charge in [-0.05, 0) is 20.0 Å². The van der Waals surface area contributed by atoms with Gasteiger partial charge in [-0.15, -0.1) is 0 Å². The summed E-state index contributed by atoms with van der Waals surface area (Å²) in [6.45, 7) is 3.93. The van der Waals surface area contributed by atoms with Crippen LogP contribution in [-0.2, 0) is 6.54 Å². The van der Waals surface area contributed by atoms with E-state index >= 15 is 0 Å². The van der Waals surface area contributed by atoms with Crippen LogP contribution in [0.2, 0.25) is 0 Å². The van der Waals surface area contributed by atoms with E-state index in [0.29, 0.717) is 0 Å². The Kier molecular flexibility index (Phi) is 3.42. The molecule has 0 atom stereocenters. The number of hydrogen-bond donors (Lipinski definition) is 0. The maximum absolute atomic E-state index is 5.51. The van der Waals surface area contributed by atoms with Gasteiger partial charge < -0.3 is 4.42 Å². The van der Waals surface area contributed by atoms with E-state index in [1.54, 1.807) is 0 Å². The van der Waals surface area contributed by atoms with E-state index in [0.717, 1.165) is 18.7 Å². The molecule has 1 heterocycles. The first kappa shape index (κ1) is 11.0. The van der Waals surface area contributed by atoms with E-state index in [1.807, 2.05) is 31.4 Å². The molecule has 2 nitrogen and oxygen atoms in total. The summed E-state index contributed by atoms with van der Waals surface area (Å²) in [6.07, 6.45) is 6.09. The Hall–Kier alpha value is -1.54. The molecule has 16 heavy (non-hydrogen) atoms. The monoisotopic (exact) mass is 215 g/mol. The molecule has 0 aliphatic carbocycles. The second-order valence-electron chi connectivity index (χ2n) is 4.02. The van der Waals surface area contributed by atoms with Crippen molar-refractivity contribution in [2.75, 3.05) is 13.6 Å². The summed E-state index contributed by atoms with van der Waals surface area (Å²) in [5.41, 5.74) is 2.22. The Bertz CT molecular complexity index is 484. The molecule has 0 radical (unpaired) electrons. The molecule has 0 aliphatic heterocycles. The van der Waals surface area contributed by atoms with Crippen molar-refractivity contribution in [3.05, 3.63) is 48.2 Å². The molecule has 2 heteroatoms. The number of nitrogens with zero attached hydrogens (tertiary/aromatic N) is 1. The molecule has 0 N–H and O–H groups in total. The van der Waals surface area contributed by atoms with E-state index in [4.69, 9.17) is 4.42 Å². The van der Waals surface area contributed by atoms with Crippen LogP contribution in [-0.4, -0.2) is 18.5 Å². The number of allylic oxidation sites excluding steroid dienone is 1. The Morgan fingerprint density at radius 2 is 2.12 bits per heavy atom. The van der Waals surface area contributed by atoms with Crippen LogP contribution in [0.1, 0.15) is 12.5 Å². The van der Waals surface area contributed by atoms with Gasteiger partial charge >= 0.3 is 0 Å². The zero-order valence-electron chi connectivity index (χ0n) is 9.81. The van der Waals surface area contributed by atoms with Crippen molar-refractivity contribution in [1.29, 1.82) is 0 Å². The maximum Gasteiger partial charge on any atom is 0.134 e. The zero-order chi connectivity index (χ0) is 11.4. The van der Waals surface area contributed by atoms with Crippen molar-refractivity contribution < 1.29 is 4.42 Å². The predicted molar refractivity (Wildman–Crippen MR) is 67.4 cm³/mol. The normalized spacial score (nSPS) is 11.9. The summed E-state index contributed by atoms with van der Waals surface area (Å²) in [5.74, 6) is 0. The molecule has 0 aliphatic rings. The van der Waals surface area contributed by atoms with E-state index in [2.05, 4.69) is 30.2 Å². The second-order valence-corrected chi connectivity index (χ2v) is 4.02. The quantitative estimate of drug-likeness (QED) is 0.726. The van der Waals surface area contributed by atoms with Gasteiger partial charge in [0.2, 0.25) is 0 Å². The molecule has 2 aromatic rings. The summed E-state index contributed by atoms with van der Waals surface area (Å²) in [5, 5.41) is 1.22. The van der Waals surface area contributed by atoms with Crippen LogP contribution in [0.25, 0.3) is 11.0 Å². The third kappa shape index (κ3) is 2.34. The number of hydrogen-bond acceptors (Lipinski definition) is 2. The Morgan fingerprint density at radius 1 is 1.31 bits per heavy atom. The van der Waals surface area contributed by atoms with Gasteiger partial charge in [-0.25, -0.2) is 0 Å². The largest absolute Gasteiger partial charge is 0.464 e. The number of para-hydroxylation sites is 1. The van der Waals surface area contributed by atoms with Gasteiger partial charge in [0, 0.05) is 24.0 Å². The summed E-state index contributed by atoms with van der Waals surface area (Å²) >= 11 is 0. The molecule has 1 aromatic carbocycles. The molecule has 0 amide bonds. The highest BCUT2D eigenvalue weighted by Gasteiger charge is 2.06. The van der Waals surface area contributed by atoms with E-state index < -0.39 is 0 Å². The van der Waals surface area contributed by atoms with E-state index in [9.17, 15) is 0 Å². The standard InChI is InChI=1S/C14H17NO/c1-3-4-9-15(2)10-12-11-16-14-8-6-5-7-13(12)14/h3-8,11H,9-10H2,1-2H3. The van der Waals surface area contributed by atoms with Gasteiger partial charge in [0.15, 0.2) is 0 Å². The third-order valence-electron chi connectivity index (χ3n) is 2.65. The van der Waals surface area contributed by atoms with Crippen LogP contribution in [0.3, 0.4) is 0 Å². The van der Waals surface area contributed by atoms with Gasteiger partial charge in [0.1, 0.15) is 5.58 Å². The Labute approximate surface area is 96.2 Å². The molecule has 0 saturated heterocycles.